The van der Waals surface area contributed by atoms with Gasteiger partial charge in [0.2, 0.25) is 0 Å². The first-order valence-corrected chi connectivity index (χ1v) is 19.1. The average molecular weight is 740 g/mol. The number of carbonyl (C=O) groups excluding carboxylic acids is 2. The maximum absolute atomic E-state index is 14.7. The number of aliphatic hydroxyl groups excluding tert-OH is 1. The van der Waals surface area contributed by atoms with Crippen LogP contribution in [0.2, 0.25) is 0 Å². The van der Waals surface area contributed by atoms with E-state index in [1.165, 1.54) is 0 Å². The van der Waals surface area contributed by atoms with Crippen molar-refractivity contribution in [2.75, 3.05) is 24.4 Å². The van der Waals surface area contributed by atoms with Gasteiger partial charge in [-0.05, 0) is 79.8 Å². The molecule has 0 radical (unpaired) electrons. The molecule has 0 saturated heterocycles. The van der Waals surface area contributed by atoms with Gasteiger partial charge in [-0.15, -0.1) is 0 Å². The molecule has 0 aliphatic carbocycles. The van der Waals surface area contributed by atoms with Crippen LogP contribution in [-0.2, 0) is 31.0 Å². The summed E-state index contributed by atoms with van der Waals surface area (Å²) >= 11 is 0. The molecule has 280 valence electrons. The standard InChI is InChI=1S/C40H47N7O4S.H2O/c1-5-7-19-45(20-8-6-2)40(50)37-22-28(3)47(42-37)38-17-16-32(43-52(51)34-15-11-14-30(24-34)36-18-21-44(4)41-36)25-35(38)39(49)46-26-31-13-10-9-12-29(31)23-33(46)27-48;/h9-18,21-22,24-25,33,43,48H,5-8,19-20,23,26-27H2,1-4H3;1H2/t33-,52?;/m0./s1. The molecule has 5 aromatic rings. The molecule has 2 aromatic heterocycles. The number of aliphatic hydroxyl groups is 1. The van der Waals surface area contributed by atoms with E-state index in [1.807, 2.05) is 73.6 Å². The highest BCUT2D eigenvalue weighted by Gasteiger charge is 2.32. The van der Waals surface area contributed by atoms with Gasteiger partial charge in [0.1, 0.15) is 11.0 Å². The molecule has 3 heterocycles. The Kier molecular flexibility index (Phi) is 13.0. The van der Waals surface area contributed by atoms with Gasteiger partial charge in [0.05, 0.1) is 34.5 Å². The Morgan fingerprint density at radius 3 is 2.36 bits per heavy atom. The topological polar surface area (TPSA) is 157 Å². The Morgan fingerprint density at radius 1 is 0.943 bits per heavy atom. The van der Waals surface area contributed by atoms with Gasteiger partial charge in [-0.3, -0.25) is 14.3 Å². The molecular weight excluding hydrogens is 691 g/mol. The first-order valence-electron chi connectivity index (χ1n) is 18.0. The first kappa shape index (κ1) is 39.1. The van der Waals surface area contributed by atoms with Crippen LogP contribution >= 0.6 is 0 Å². The minimum Gasteiger partial charge on any atom is -0.412 e. The molecular formula is C40H49N7O5S. The van der Waals surface area contributed by atoms with Crippen LogP contribution in [0.5, 0.6) is 0 Å². The number of aromatic nitrogens is 4. The van der Waals surface area contributed by atoms with Crippen molar-refractivity contribution >= 4 is 28.5 Å². The predicted molar refractivity (Wildman–Crippen MR) is 207 cm³/mol. The highest BCUT2D eigenvalue weighted by Crippen LogP contribution is 2.30. The number of nitrogens with one attached hydrogen (secondary N) is 1. The molecule has 4 N–H and O–H groups in total. The molecule has 0 fully saturated rings. The van der Waals surface area contributed by atoms with Gasteiger partial charge in [0, 0.05) is 49.8 Å². The maximum atomic E-state index is 14.7. The third-order valence-corrected chi connectivity index (χ3v) is 10.6. The SMILES string of the molecule is CCCCN(CCCC)C(=O)c1cc(C)n(-c2ccc(NS(=O)c3cccc(-c4ccn(C)n4)c3)cc2C(=O)N2Cc3ccccc3C[C@H]2CO)n1.O. The second-order valence-corrected chi connectivity index (χ2v) is 14.5. The Hall–Kier alpha value is -5.11. The smallest absolute Gasteiger partial charge is 0.274 e. The molecule has 0 saturated carbocycles. The Bertz CT molecular complexity index is 2070. The second-order valence-electron chi connectivity index (χ2n) is 13.3. The van der Waals surface area contributed by atoms with Gasteiger partial charge in [0.25, 0.3) is 11.8 Å². The summed E-state index contributed by atoms with van der Waals surface area (Å²) in [7, 11) is 0.180. The minimum absolute atomic E-state index is 0. The van der Waals surface area contributed by atoms with E-state index in [1.54, 1.807) is 44.6 Å². The van der Waals surface area contributed by atoms with Gasteiger partial charge in [-0.2, -0.15) is 10.2 Å². The lowest BCUT2D eigenvalue weighted by Gasteiger charge is -2.36. The van der Waals surface area contributed by atoms with E-state index in [0.717, 1.165) is 48.1 Å². The summed E-state index contributed by atoms with van der Waals surface area (Å²) in [6, 6.07) is 23.8. The van der Waals surface area contributed by atoms with Crippen molar-refractivity contribution in [2.24, 2.45) is 7.05 Å². The number of anilines is 1. The van der Waals surface area contributed by atoms with Crippen molar-refractivity contribution in [1.82, 2.24) is 29.4 Å². The molecule has 0 bridgehead atoms. The molecule has 2 amide bonds. The highest BCUT2D eigenvalue weighted by molar-refractivity contribution is 7.86. The van der Waals surface area contributed by atoms with Crippen LogP contribution < -0.4 is 4.72 Å². The largest absolute Gasteiger partial charge is 0.412 e. The number of fused-ring (bicyclic) bond motifs is 1. The van der Waals surface area contributed by atoms with Crippen molar-refractivity contribution in [3.8, 4) is 16.9 Å². The van der Waals surface area contributed by atoms with Gasteiger partial charge in [0.15, 0.2) is 5.69 Å². The van der Waals surface area contributed by atoms with E-state index in [2.05, 4.69) is 23.7 Å². The number of unbranched alkanes of at least 4 members (excludes halogenated alkanes) is 2. The van der Waals surface area contributed by atoms with Gasteiger partial charge in [-0.25, -0.2) is 8.89 Å². The molecule has 1 aliphatic heterocycles. The van der Waals surface area contributed by atoms with Crippen molar-refractivity contribution in [3.63, 3.8) is 0 Å². The van der Waals surface area contributed by atoms with E-state index in [0.29, 0.717) is 59.3 Å². The third-order valence-electron chi connectivity index (χ3n) is 9.51. The zero-order valence-electron chi connectivity index (χ0n) is 30.8. The molecule has 0 spiro atoms. The van der Waals surface area contributed by atoms with Crippen LogP contribution in [0.3, 0.4) is 0 Å². The summed E-state index contributed by atoms with van der Waals surface area (Å²) in [6.45, 7) is 7.53. The third kappa shape index (κ3) is 8.75. The molecule has 3 aromatic carbocycles. The van der Waals surface area contributed by atoms with E-state index in [9.17, 15) is 18.9 Å². The number of amides is 2. The normalized spacial score (nSPS) is 14.3. The molecule has 12 nitrogen and oxygen atoms in total. The van der Waals surface area contributed by atoms with Crippen LogP contribution in [0, 0.1) is 6.92 Å². The van der Waals surface area contributed by atoms with E-state index >= 15 is 0 Å². The highest BCUT2D eigenvalue weighted by atomic mass is 32.2. The van der Waals surface area contributed by atoms with Crippen molar-refractivity contribution < 1.29 is 24.4 Å². The van der Waals surface area contributed by atoms with Crippen molar-refractivity contribution in [1.29, 1.82) is 0 Å². The summed E-state index contributed by atoms with van der Waals surface area (Å²) in [4.78, 5) is 32.5. The number of carbonyl (C=O) groups is 2. The second kappa shape index (κ2) is 17.6. The van der Waals surface area contributed by atoms with Crippen LogP contribution in [0.25, 0.3) is 16.9 Å². The molecule has 53 heavy (non-hydrogen) atoms. The maximum Gasteiger partial charge on any atom is 0.274 e. The number of hydrogen-bond acceptors (Lipinski definition) is 6. The van der Waals surface area contributed by atoms with E-state index < -0.39 is 17.0 Å². The summed E-state index contributed by atoms with van der Waals surface area (Å²) < 4.78 is 20.2. The predicted octanol–water partition coefficient (Wildman–Crippen LogP) is 5.49. The molecule has 6 rings (SSSR count). The lowest BCUT2D eigenvalue weighted by Crippen LogP contribution is -2.46. The van der Waals surface area contributed by atoms with Crippen LogP contribution in [-0.4, -0.2) is 81.7 Å². The van der Waals surface area contributed by atoms with Crippen molar-refractivity contribution in [2.45, 2.75) is 70.4 Å². The van der Waals surface area contributed by atoms with Crippen LogP contribution in [0.4, 0.5) is 5.69 Å². The summed E-state index contributed by atoms with van der Waals surface area (Å²) in [5.41, 5.74) is 6.01. The Labute approximate surface area is 313 Å². The Balaban J connectivity index is 0.00000541. The fraction of sp³-hybridized carbons (Fsp3) is 0.350. The lowest BCUT2D eigenvalue weighted by atomic mass is 9.93. The summed E-state index contributed by atoms with van der Waals surface area (Å²) in [5, 5.41) is 19.7. The zero-order valence-corrected chi connectivity index (χ0v) is 31.6. The van der Waals surface area contributed by atoms with Crippen LogP contribution in [0.1, 0.15) is 77.2 Å². The first-order chi connectivity index (χ1) is 25.2. The zero-order chi connectivity index (χ0) is 36.8. The van der Waals surface area contributed by atoms with Gasteiger partial charge >= 0.3 is 0 Å². The Morgan fingerprint density at radius 2 is 1.68 bits per heavy atom. The van der Waals surface area contributed by atoms with Crippen LogP contribution in [0.15, 0.2) is 90.0 Å². The fourth-order valence-corrected chi connectivity index (χ4v) is 7.50. The number of hydrogen-bond donors (Lipinski definition) is 2. The summed E-state index contributed by atoms with van der Waals surface area (Å²) in [6.07, 6.45) is 6.14. The number of aryl methyl sites for hydroxylation is 2. The number of nitrogens with zero attached hydrogens (tertiary/aromatic N) is 6. The van der Waals surface area contributed by atoms with Gasteiger partial charge in [-0.1, -0.05) is 63.1 Å². The molecule has 13 heteroatoms. The lowest BCUT2D eigenvalue weighted by molar-refractivity contribution is 0.0544. The van der Waals surface area contributed by atoms with Gasteiger partial charge < -0.3 is 25.1 Å². The van der Waals surface area contributed by atoms with E-state index in [-0.39, 0.29) is 23.9 Å². The monoisotopic (exact) mass is 739 g/mol. The average Bonchev–Trinajstić information content (AvgIpc) is 3.79. The molecule has 2 atom stereocenters. The fourth-order valence-electron chi connectivity index (χ4n) is 6.60. The van der Waals surface area contributed by atoms with E-state index in [4.69, 9.17) is 5.10 Å². The number of benzene rings is 3. The summed E-state index contributed by atoms with van der Waals surface area (Å²) in [5.74, 6) is -0.434. The quantitative estimate of drug-likeness (QED) is 0.153. The molecule has 1 aliphatic rings. The minimum atomic E-state index is -1.67. The molecule has 1 unspecified atom stereocenters. The number of rotatable bonds is 14. The van der Waals surface area contributed by atoms with Crippen molar-refractivity contribution in [3.05, 3.63) is 113 Å².